The van der Waals surface area contributed by atoms with Crippen molar-refractivity contribution >= 4 is 18.3 Å². The summed E-state index contributed by atoms with van der Waals surface area (Å²) in [7, 11) is 0. The van der Waals surface area contributed by atoms with E-state index in [2.05, 4.69) is 40.1 Å². The van der Waals surface area contributed by atoms with Crippen LogP contribution in [0.4, 0.5) is 0 Å². The Labute approximate surface area is 147 Å². The molecule has 5 nitrogen and oxygen atoms in total. The third-order valence-corrected chi connectivity index (χ3v) is 4.85. The normalized spacial score (nSPS) is 18.9. The fourth-order valence-corrected chi connectivity index (χ4v) is 3.62. The fraction of sp³-hybridized carbons (Fsp3) is 0.444. The van der Waals surface area contributed by atoms with Crippen LogP contribution in [0.5, 0.6) is 0 Å². The van der Waals surface area contributed by atoms with Gasteiger partial charge in [-0.05, 0) is 43.4 Å². The van der Waals surface area contributed by atoms with E-state index in [9.17, 15) is 4.79 Å². The number of aromatic nitrogens is 1. The monoisotopic (exact) mass is 347 g/mol. The standard InChI is InChI=1S/C18H21N3O2.ClH/c22-18(17-14-7-3-4-8-16(14)23-21-17)20-11-15-13-6-2-1-5-12(13)9-10-19-15;/h1-2,5-6,15,19H,3-4,7-11H2,(H,20,22);1H. The van der Waals surface area contributed by atoms with Crippen LogP contribution in [-0.4, -0.2) is 24.2 Å². The van der Waals surface area contributed by atoms with Crippen LogP contribution in [0.25, 0.3) is 0 Å². The van der Waals surface area contributed by atoms with Gasteiger partial charge >= 0.3 is 0 Å². The van der Waals surface area contributed by atoms with Crippen molar-refractivity contribution in [3.05, 3.63) is 52.4 Å². The maximum Gasteiger partial charge on any atom is 0.273 e. The molecule has 1 aromatic heterocycles. The number of hydrogen-bond acceptors (Lipinski definition) is 4. The number of nitrogens with zero attached hydrogens (tertiary/aromatic N) is 1. The molecule has 0 saturated carbocycles. The number of carbonyl (C=O) groups is 1. The van der Waals surface area contributed by atoms with E-state index in [1.165, 1.54) is 11.1 Å². The topological polar surface area (TPSA) is 67.2 Å². The average Bonchev–Trinajstić information content (AvgIpc) is 3.04. The maximum atomic E-state index is 12.5. The predicted octanol–water partition coefficient (Wildman–Crippen LogP) is 2.59. The van der Waals surface area contributed by atoms with Gasteiger partial charge in [0.1, 0.15) is 5.76 Å². The van der Waals surface area contributed by atoms with Crippen LogP contribution in [0.1, 0.15) is 51.8 Å². The minimum atomic E-state index is -0.123. The number of hydrogen-bond donors (Lipinski definition) is 2. The van der Waals surface area contributed by atoms with Crippen molar-refractivity contribution in [3.63, 3.8) is 0 Å². The summed E-state index contributed by atoms with van der Waals surface area (Å²) in [6.45, 7) is 1.51. The highest BCUT2D eigenvalue weighted by Gasteiger charge is 2.25. The third-order valence-electron chi connectivity index (χ3n) is 4.85. The number of benzene rings is 1. The Balaban J connectivity index is 0.00000169. The number of aryl methyl sites for hydroxylation is 1. The van der Waals surface area contributed by atoms with Gasteiger partial charge in [-0.1, -0.05) is 29.4 Å². The molecular weight excluding hydrogens is 326 g/mol. The van der Waals surface area contributed by atoms with Crippen LogP contribution in [0.3, 0.4) is 0 Å². The molecule has 2 aliphatic rings. The van der Waals surface area contributed by atoms with Gasteiger partial charge in [0.2, 0.25) is 0 Å². The van der Waals surface area contributed by atoms with Gasteiger partial charge in [-0.2, -0.15) is 0 Å². The number of carbonyl (C=O) groups excluding carboxylic acids is 1. The van der Waals surface area contributed by atoms with Crippen molar-refractivity contribution in [1.29, 1.82) is 0 Å². The van der Waals surface area contributed by atoms with E-state index in [4.69, 9.17) is 4.52 Å². The van der Waals surface area contributed by atoms with Crippen LogP contribution < -0.4 is 10.6 Å². The van der Waals surface area contributed by atoms with Crippen LogP contribution in [0, 0.1) is 0 Å². The van der Waals surface area contributed by atoms with E-state index in [0.717, 1.165) is 50.0 Å². The number of fused-ring (bicyclic) bond motifs is 2. The second-order valence-corrected chi connectivity index (χ2v) is 6.31. The molecule has 128 valence electrons. The molecule has 0 saturated heterocycles. The molecular formula is C18H22ClN3O2. The average molecular weight is 348 g/mol. The highest BCUT2D eigenvalue weighted by atomic mass is 35.5. The maximum absolute atomic E-state index is 12.5. The Kier molecular flexibility index (Phi) is 5.21. The van der Waals surface area contributed by atoms with E-state index in [0.29, 0.717) is 12.2 Å². The molecule has 4 rings (SSSR count). The quantitative estimate of drug-likeness (QED) is 0.895. The Morgan fingerprint density at radius 2 is 2.08 bits per heavy atom. The molecule has 24 heavy (non-hydrogen) atoms. The Morgan fingerprint density at radius 3 is 3.00 bits per heavy atom. The van der Waals surface area contributed by atoms with E-state index in [1.54, 1.807) is 0 Å². The van der Waals surface area contributed by atoms with Crippen LogP contribution >= 0.6 is 12.4 Å². The summed E-state index contributed by atoms with van der Waals surface area (Å²) < 4.78 is 5.33. The molecule has 2 aromatic rings. The summed E-state index contributed by atoms with van der Waals surface area (Å²) in [5.74, 6) is 0.768. The van der Waals surface area contributed by atoms with Crippen molar-refractivity contribution < 1.29 is 9.32 Å². The lowest BCUT2D eigenvalue weighted by molar-refractivity contribution is 0.0939. The molecule has 0 fully saturated rings. The molecule has 6 heteroatoms. The van der Waals surface area contributed by atoms with E-state index in [-0.39, 0.29) is 24.4 Å². The summed E-state index contributed by atoms with van der Waals surface area (Å²) in [5, 5.41) is 10.5. The summed E-state index contributed by atoms with van der Waals surface area (Å²) in [6.07, 6.45) is 5.05. The first-order valence-electron chi connectivity index (χ1n) is 8.40. The Bertz CT molecular complexity index is 729. The highest BCUT2D eigenvalue weighted by molar-refractivity contribution is 5.93. The van der Waals surface area contributed by atoms with Gasteiger partial charge in [0.05, 0.1) is 0 Å². The van der Waals surface area contributed by atoms with Crippen molar-refractivity contribution in [1.82, 2.24) is 15.8 Å². The summed E-state index contributed by atoms with van der Waals surface area (Å²) in [6, 6.07) is 8.58. The van der Waals surface area contributed by atoms with Gasteiger partial charge in [0.25, 0.3) is 5.91 Å². The Morgan fingerprint density at radius 1 is 1.25 bits per heavy atom. The second-order valence-electron chi connectivity index (χ2n) is 6.31. The minimum absolute atomic E-state index is 0. The van der Waals surface area contributed by atoms with Crippen LogP contribution in [-0.2, 0) is 19.3 Å². The lowest BCUT2D eigenvalue weighted by Gasteiger charge is -2.27. The van der Waals surface area contributed by atoms with Gasteiger partial charge < -0.3 is 15.2 Å². The van der Waals surface area contributed by atoms with Crippen LogP contribution in [0.2, 0.25) is 0 Å². The van der Waals surface area contributed by atoms with Crippen molar-refractivity contribution in [3.8, 4) is 0 Å². The largest absolute Gasteiger partial charge is 0.360 e. The Hall–Kier alpha value is -1.85. The number of nitrogens with one attached hydrogen (secondary N) is 2. The number of halogens is 1. The molecule has 1 aliphatic carbocycles. The van der Waals surface area contributed by atoms with Gasteiger partial charge in [-0.3, -0.25) is 4.79 Å². The zero-order valence-electron chi connectivity index (χ0n) is 13.5. The lowest BCUT2D eigenvalue weighted by Crippen LogP contribution is -2.39. The van der Waals surface area contributed by atoms with E-state index >= 15 is 0 Å². The van der Waals surface area contributed by atoms with Crippen molar-refractivity contribution in [2.75, 3.05) is 13.1 Å². The molecule has 0 radical (unpaired) electrons. The molecule has 2 N–H and O–H groups in total. The van der Waals surface area contributed by atoms with Gasteiger partial charge in [-0.15, -0.1) is 12.4 Å². The zero-order chi connectivity index (χ0) is 15.6. The SMILES string of the molecule is Cl.O=C(NCC1NCCc2ccccc21)c1noc2c1CCCC2. The molecule has 0 spiro atoms. The zero-order valence-corrected chi connectivity index (χ0v) is 14.3. The molecule has 1 atom stereocenters. The van der Waals surface area contributed by atoms with Gasteiger partial charge in [0, 0.05) is 24.6 Å². The number of rotatable bonds is 3. The fourth-order valence-electron chi connectivity index (χ4n) is 3.62. The smallest absolute Gasteiger partial charge is 0.273 e. The summed E-state index contributed by atoms with van der Waals surface area (Å²) in [4.78, 5) is 12.5. The van der Waals surface area contributed by atoms with E-state index in [1.807, 2.05) is 0 Å². The van der Waals surface area contributed by atoms with Crippen LogP contribution in [0.15, 0.2) is 28.8 Å². The van der Waals surface area contributed by atoms with Crippen molar-refractivity contribution in [2.24, 2.45) is 0 Å². The lowest BCUT2D eigenvalue weighted by atomic mass is 9.94. The van der Waals surface area contributed by atoms with Gasteiger partial charge in [0.15, 0.2) is 5.69 Å². The first-order valence-corrected chi connectivity index (χ1v) is 8.40. The molecule has 0 bridgehead atoms. The molecule has 1 aliphatic heterocycles. The van der Waals surface area contributed by atoms with Crippen molar-refractivity contribution in [2.45, 2.75) is 38.1 Å². The molecule has 1 unspecified atom stereocenters. The first-order chi connectivity index (χ1) is 11.3. The molecule has 1 amide bonds. The summed E-state index contributed by atoms with van der Waals surface area (Å²) >= 11 is 0. The molecule has 1 aromatic carbocycles. The second kappa shape index (κ2) is 7.36. The first kappa shape index (κ1) is 17.0. The predicted molar refractivity (Wildman–Crippen MR) is 93.6 cm³/mol. The summed E-state index contributed by atoms with van der Waals surface area (Å²) in [5.41, 5.74) is 4.13. The van der Waals surface area contributed by atoms with E-state index < -0.39 is 0 Å². The molecule has 2 heterocycles. The third kappa shape index (κ3) is 3.19. The minimum Gasteiger partial charge on any atom is -0.360 e. The van der Waals surface area contributed by atoms with Gasteiger partial charge in [-0.25, -0.2) is 0 Å². The number of amides is 1. The highest BCUT2D eigenvalue weighted by Crippen LogP contribution is 2.25.